The fourth-order valence-corrected chi connectivity index (χ4v) is 2.61. The van der Waals surface area contributed by atoms with Crippen molar-refractivity contribution in [2.75, 3.05) is 6.54 Å². The number of nitrogens with zero attached hydrogens (tertiary/aromatic N) is 6. The second-order valence-corrected chi connectivity index (χ2v) is 5.32. The average Bonchev–Trinajstić information content (AvgIpc) is 2.99. The van der Waals surface area contributed by atoms with E-state index in [4.69, 9.17) is 0 Å². The van der Waals surface area contributed by atoms with Crippen molar-refractivity contribution in [3.8, 4) is 0 Å². The van der Waals surface area contributed by atoms with E-state index in [-0.39, 0.29) is 11.5 Å². The largest absolute Gasteiger partial charge is 0.336 e. The van der Waals surface area contributed by atoms with Crippen LogP contribution in [-0.4, -0.2) is 47.5 Å². The summed E-state index contributed by atoms with van der Waals surface area (Å²) in [5.74, 6) is 0.648. The Morgan fingerprint density at radius 3 is 3.09 bits per heavy atom. The molecule has 0 bridgehead atoms. The summed E-state index contributed by atoms with van der Waals surface area (Å²) in [5.41, 5.74) is 1.32. The lowest BCUT2D eigenvalue weighted by atomic mass is 10.1. The van der Waals surface area contributed by atoms with Crippen LogP contribution < -0.4 is 5.56 Å². The number of hydrogen-bond donors (Lipinski definition) is 1. The van der Waals surface area contributed by atoms with Gasteiger partial charge in [0.25, 0.3) is 5.56 Å². The van der Waals surface area contributed by atoms with Gasteiger partial charge in [-0.1, -0.05) is 0 Å². The van der Waals surface area contributed by atoms with Crippen LogP contribution in [0.25, 0.3) is 0 Å². The predicted molar refractivity (Wildman–Crippen MR) is 75.8 cm³/mol. The highest BCUT2D eigenvalue weighted by Gasteiger charge is 2.23. The number of aromatic amines is 1. The van der Waals surface area contributed by atoms with E-state index >= 15 is 0 Å². The summed E-state index contributed by atoms with van der Waals surface area (Å²) in [7, 11) is 0. The van der Waals surface area contributed by atoms with Crippen molar-refractivity contribution >= 4 is 5.91 Å². The van der Waals surface area contributed by atoms with Crippen molar-refractivity contribution in [1.29, 1.82) is 0 Å². The third kappa shape index (κ3) is 3.02. The number of rotatable bonds is 4. The van der Waals surface area contributed by atoms with E-state index in [0.29, 0.717) is 56.0 Å². The molecule has 3 heterocycles. The number of fused-ring (bicyclic) bond motifs is 1. The van der Waals surface area contributed by atoms with E-state index < -0.39 is 0 Å². The second-order valence-electron chi connectivity index (χ2n) is 5.32. The van der Waals surface area contributed by atoms with Crippen molar-refractivity contribution in [3.63, 3.8) is 0 Å². The number of nitrogens with one attached hydrogen (secondary N) is 1. The third-order valence-electron chi connectivity index (χ3n) is 3.71. The quantitative estimate of drug-likeness (QED) is 0.810. The highest BCUT2D eigenvalue weighted by Crippen LogP contribution is 2.15. The first kappa shape index (κ1) is 14.4. The smallest absolute Gasteiger partial charge is 0.254 e. The van der Waals surface area contributed by atoms with Gasteiger partial charge in [0.05, 0.1) is 12.2 Å². The van der Waals surface area contributed by atoms with Gasteiger partial charge in [-0.3, -0.25) is 9.59 Å². The Kier molecular flexibility index (Phi) is 3.94. The molecule has 0 unspecified atom stereocenters. The highest BCUT2D eigenvalue weighted by atomic mass is 16.2. The minimum atomic E-state index is -0.0896. The molecule has 0 radical (unpaired) electrons. The highest BCUT2D eigenvalue weighted by molar-refractivity contribution is 5.76. The summed E-state index contributed by atoms with van der Waals surface area (Å²) in [4.78, 5) is 32.9. The number of carbonyl (C=O) groups excluding carboxylic acids is 1. The normalized spacial score (nSPS) is 14.0. The first-order valence-corrected chi connectivity index (χ1v) is 7.20. The van der Waals surface area contributed by atoms with Crippen molar-refractivity contribution < 1.29 is 4.79 Å². The number of carbonyl (C=O) groups is 1. The van der Waals surface area contributed by atoms with Crippen LogP contribution in [0.15, 0.2) is 11.1 Å². The van der Waals surface area contributed by atoms with Crippen LogP contribution in [0, 0.1) is 6.92 Å². The zero-order valence-corrected chi connectivity index (χ0v) is 12.3. The Hall–Kier alpha value is -2.58. The summed E-state index contributed by atoms with van der Waals surface area (Å²) in [6.07, 6.45) is 3.18. The first-order valence-electron chi connectivity index (χ1n) is 7.20. The van der Waals surface area contributed by atoms with Crippen LogP contribution in [0.3, 0.4) is 0 Å². The van der Waals surface area contributed by atoms with Gasteiger partial charge in [-0.05, 0) is 30.2 Å². The third-order valence-corrected chi connectivity index (χ3v) is 3.71. The molecule has 2 aromatic rings. The van der Waals surface area contributed by atoms with Crippen molar-refractivity contribution in [1.82, 2.24) is 35.1 Å². The van der Waals surface area contributed by atoms with E-state index in [1.807, 2.05) is 0 Å². The average molecular weight is 303 g/mol. The molecule has 0 aromatic carbocycles. The maximum absolute atomic E-state index is 12.3. The zero-order chi connectivity index (χ0) is 15.5. The molecule has 0 atom stereocenters. The maximum Gasteiger partial charge on any atom is 0.254 e. The molecule has 1 N–H and O–H groups in total. The fourth-order valence-electron chi connectivity index (χ4n) is 2.61. The van der Waals surface area contributed by atoms with Gasteiger partial charge in [0.1, 0.15) is 12.2 Å². The molecular formula is C13H17N7O2. The van der Waals surface area contributed by atoms with E-state index in [0.717, 1.165) is 0 Å². The summed E-state index contributed by atoms with van der Waals surface area (Å²) >= 11 is 0. The van der Waals surface area contributed by atoms with Crippen molar-refractivity contribution in [3.05, 3.63) is 33.8 Å². The molecule has 2 aromatic heterocycles. The summed E-state index contributed by atoms with van der Waals surface area (Å²) < 4.78 is 1.60. The van der Waals surface area contributed by atoms with E-state index in [1.165, 1.54) is 6.33 Å². The van der Waals surface area contributed by atoms with Gasteiger partial charge in [0, 0.05) is 25.1 Å². The number of tetrazole rings is 1. The molecule has 1 aliphatic heterocycles. The van der Waals surface area contributed by atoms with Gasteiger partial charge < -0.3 is 9.88 Å². The lowest BCUT2D eigenvalue weighted by Crippen LogP contribution is -2.39. The lowest BCUT2D eigenvalue weighted by Gasteiger charge is -2.27. The van der Waals surface area contributed by atoms with Gasteiger partial charge in [-0.25, -0.2) is 9.67 Å². The molecule has 1 aliphatic rings. The fraction of sp³-hybridized carbons (Fsp3) is 0.538. The number of aromatic nitrogens is 6. The Balaban J connectivity index is 1.59. The van der Waals surface area contributed by atoms with Gasteiger partial charge in [0.15, 0.2) is 0 Å². The lowest BCUT2D eigenvalue weighted by molar-refractivity contribution is -0.132. The molecular weight excluding hydrogens is 286 g/mol. The second kappa shape index (κ2) is 6.04. The van der Waals surface area contributed by atoms with Crippen LogP contribution in [0.1, 0.15) is 29.9 Å². The van der Waals surface area contributed by atoms with Gasteiger partial charge in [0.2, 0.25) is 5.91 Å². The molecule has 9 heteroatoms. The van der Waals surface area contributed by atoms with Gasteiger partial charge >= 0.3 is 0 Å². The molecule has 0 fully saturated rings. The molecule has 22 heavy (non-hydrogen) atoms. The van der Waals surface area contributed by atoms with Crippen molar-refractivity contribution in [2.45, 2.75) is 39.3 Å². The van der Waals surface area contributed by atoms with Crippen LogP contribution in [0.2, 0.25) is 0 Å². The first-order chi connectivity index (χ1) is 10.6. The summed E-state index contributed by atoms with van der Waals surface area (Å²) in [6, 6.07) is 0. The van der Waals surface area contributed by atoms with Crippen LogP contribution >= 0.6 is 0 Å². The minimum absolute atomic E-state index is 0.0680. The zero-order valence-electron chi connectivity index (χ0n) is 12.3. The van der Waals surface area contributed by atoms with Crippen molar-refractivity contribution in [2.24, 2.45) is 0 Å². The van der Waals surface area contributed by atoms with E-state index in [1.54, 1.807) is 16.5 Å². The number of H-pyrrole nitrogens is 1. The molecule has 0 saturated heterocycles. The monoisotopic (exact) mass is 303 g/mol. The van der Waals surface area contributed by atoms with E-state index in [2.05, 4.69) is 25.5 Å². The summed E-state index contributed by atoms with van der Waals surface area (Å²) in [5, 5.41) is 10.9. The topological polar surface area (TPSA) is 110 Å². The predicted octanol–water partition coefficient (Wildman–Crippen LogP) is -0.570. The molecule has 0 aliphatic carbocycles. The standard InChI is InChI=1S/C13H17N7O2/c1-9-15-11-7-19(6-4-10(11)13(22)16-9)12(21)3-2-5-20-8-14-17-18-20/h8H,2-7H2,1H3,(H,15,16,22). The minimum Gasteiger partial charge on any atom is -0.336 e. The molecule has 0 saturated carbocycles. The Bertz CT molecular complexity index is 722. The molecule has 116 valence electrons. The van der Waals surface area contributed by atoms with Crippen LogP contribution in [0.5, 0.6) is 0 Å². The van der Waals surface area contributed by atoms with E-state index in [9.17, 15) is 9.59 Å². The van der Waals surface area contributed by atoms with Crippen LogP contribution in [0.4, 0.5) is 0 Å². The SMILES string of the molecule is Cc1nc2c(c(=O)[nH]1)CCN(C(=O)CCCn1cnnn1)C2. The molecule has 3 rings (SSSR count). The molecule has 1 amide bonds. The van der Waals surface area contributed by atoms with Gasteiger partial charge in [-0.2, -0.15) is 0 Å². The Morgan fingerprint density at radius 1 is 1.45 bits per heavy atom. The molecule has 9 nitrogen and oxygen atoms in total. The van der Waals surface area contributed by atoms with Gasteiger partial charge in [-0.15, -0.1) is 5.10 Å². The Morgan fingerprint density at radius 2 is 2.32 bits per heavy atom. The number of hydrogen-bond acceptors (Lipinski definition) is 6. The Labute approximate surface area is 126 Å². The van der Waals surface area contributed by atoms with Crippen LogP contribution in [-0.2, 0) is 24.3 Å². The number of amides is 1. The summed E-state index contributed by atoms with van der Waals surface area (Å²) in [6.45, 7) is 3.32. The molecule has 0 spiro atoms. The maximum atomic E-state index is 12.3. The number of aryl methyl sites for hydroxylation is 2.